The number of pyridine rings is 1. The predicted octanol–water partition coefficient (Wildman–Crippen LogP) is 5.57. The summed E-state index contributed by atoms with van der Waals surface area (Å²) in [4.78, 5) is 36.0. The van der Waals surface area contributed by atoms with Crippen LogP contribution >= 0.6 is 0 Å². The normalized spacial score (nSPS) is 21.8. The zero-order valence-corrected chi connectivity index (χ0v) is 23.0. The Morgan fingerprint density at radius 2 is 1.92 bits per heavy atom. The fourth-order valence-corrected chi connectivity index (χ4v) is 5.43. The number of carbonyl (C=O) groups excluding carboxylic acids is 2. The number of hydrogen-bond acceptors (Lipinski definition) is 4. The van der Waals surface area contributed by atoms with Crippen LogP contribution in [0.4, 0.5) is 5.69 Å². The van der Waals surface area contributed by atoms with Gasteiger partial charge >= 0.3 is 0 Å². The van der Waals surface area contributed by atoms with E-state index in [0.717, 1.165) is 36.2 Å². The molecule has 0 saturated carbocycles. The molecule has 3 atom stereocenters. The molecule has 37 heavy (non-hydrogen) atoms. The number of allylic oxidation sites excluding steroid dienone is 2. The minimum atomic E-state index is -0.316. The molecule has 1 N–H and O–H groups in total. The maximum Gasteiger partial charge on any atom is 0.273 e. The second kappa shape index (κ2) is 10.9. The van der Waals surface area contributed by atoms with Crippen LogP contribution in [0.3, 0.4) is 0 Å². The van der Waals surface area contributed by atoms with Crippen molar-refractivity contribution in [2.45, 2.75) is 58.4 Å². The number of hydrogen-bond donors (Lipinski definition) is 1. The van der Waals surface area contributed by atoms with Crippen LogP contribution in [0, 0.1) is 18.8 Å². The van der Waals surface area contributed by atoms with Crippen molar-refractivity contribution in [1.82, 2.24) is 14.8 Å². The van der Waals surface area contributed by atoms with Gasteiger partial charge in [0.1, 0.15) is 5.69 Å². The van der Waals surface area contributed by atoms with Crippen LogP contribution in [0.25, 0.3) is 0 Å². The smallest absolute Gasteiger partial charge is 0.273 e. The Hall–Kier alpha value is -3.41. The van der Waals surface area contributed by atoms with Gasteiger partial charge in [0.25, 0.3) is 5.91 Å². The summed E-state index contributed by atoms with van der Waals surface area (Å²) in [6.45, 7) is 9.03. The molecule has 2 unspecified atom stereocenters. The Morgan fingerprint density at radius 3 is 2.57 bits per heavy atom. The lowest BCUT2D eigenvalue weighted by atomic mass is 9.77. The van der Waals surface area contributed by atoms with E-state index in [1.807, 2.05) is 50.2 Å². The van der Waals surface area contributed by atoms with Gasteiger partial charge in [0.2, 0.25) is 5.91 Å². The van der Waals surface area contributed by atoms with Crippen molar-refractivity contribution in [2.24, 2.45) is 11.8 Å². The first-order valence-electron chi connectivity index (χ1n) is 13.3. The third-order valence-electron chi connectivity index (χ3n) is 7.56. The predicted molar refractivity (Wildman–Crippen MR) is 149 cm³/mol. The Morgan fingerprint density at radius 1 is 1.14 bits per heavy atom. The number of aryl methyl sites for hydroxylation is 1. The molecule has 1 aliphatic heterocycles. The van der Waals surface area contributed by atoms with Gasteiger partial charge in [0, 0.05) is 44.1 Å². The first-order valence-corrected chi connectivity index (χ1v) is 13.3. The highest BCUT2D eigenvalue weighted by molar-refractivity contribution is 5.96. The van der Waals surface area contributed by atoms with E-state index >= 15 is 0 Å². The molecule has 6 nitrogen and oxygen atoms in total. The second-order valence-electron chi connectivity index (χ2n) is 11.5. The average Bonchev–Trinajstić information content (AvgIpc) is 2.88. The van der Waals surface area contributed by atoms with Crippen molar-refractivity contribution in [2.75, 3.05) is 26.0 Å². The van der Waals surface area contributed by atoms with E-state index in [0.29, 0.717) is 12.2 Å². The SMILES string of the molecule is Cc1cccnc1C(=O)N1CCCC(C(=O)Nc2cccc(C(C)(C)C)c2)C1[C@@H]1C=CC(N(C)C)=CC1. The fourth-order valence-electron chi connectivity index (χ4n) is 5.43. The van der Waals surface area contributed by atoms with E-state index in [2.05, 4.69) is 66.3 Å². The number of nitrogens with one attached hydrogen (secondary N) is 1. The van der Waals surface area contributed by atoms with Crippen LogP contribution in [0.1, 0.15) is 61.6 Å². The molecule has 1 fully saturated rings. The summed E-state index contributed by atoms with van der Waals surface area (Å²) in [5, 5.41) is 3.19. The molecule has 0 bridgehead atoms. The van der Waals surface area contributed by atoms with Gasteiger partial charge in [0.05, 0.1) is 12.0 Å². The van der Waals surface area contributed by atoms with Crippen LogP contribution in [-0.4, -0.2) is 53.3 Å². The summed E-state index contributed by atoms with van der Waals surface area (Å²) in [5.74, 6) is -0.384. The van der Waals surface area contributed by atoms with Gasteiger partial charge in [-0.3, -0.25) is 14.6 Å². The van der Waals surface area contributed by atoms with Crippen molar-refractivity contribution < 1.29 is 9.59 Å². The molecule has 0 spiro atoms. The fraction of sp³-hybridized carbons (Fsp3) is 0.452. The molecule has 4 rings (SSSR count). The van der Waals surface area contributed by atoms with E-state index in [-0.39, 0.29) is 35.1 Å². The number of carbonyl (C=O) groups is 2. The van der Waals surface area contributed by atoms with E-state index in [1.165, 1.54) is 5.56 Å². The molecule has 6 heteroatoms. The summed E-state index contributed by atoms with van der Waals surface area (Å²) in [5.41, 5.74) is 4.42. The molecule has 1 aromatic carbocycles. The maximum atomic E-state index is 13.8. The highest BCUT2D eigenvalue weighted by atomic mass is 16.2. The topological polar surface area (TPSA) is 65.5 Å². The third-order valence-corrected chi connectivity index (χ3v) is 7.56. The molecule has 196 valence electrons. The molecule has 2 aliphatic rings. The van der Waals surface area contributed by atoms with Gasteiger partial charge in [-0.05, 0) is 67.0 Å². The molecule has 1 aromatic heterocycles. The number of nitrogens with zero attached hydrogens (tertiary/aromatic N) is 3. The van der Waals surface area contributed by atoms with Crippen molar-refractivity contribution in [3.05, 3.63) is 83.3 Å². The number of likely N-dealkylation sites (N-methyl/N-ethyl adjacent to an activating group) is 1. The maximum absolute atomic E-state index is 13.8. The first-order chi connectivity index (χ1) is 17.6. The van der Waals surface area contributed by atoms with Gasteiger partial charge in [0.15, 0.2) is 0 Å². The molecular weight excluding hydrogens is 460 g/mol. The second-order valence-corrected chi connectivity index (χ2v) is 11.5. The highest BCUT2D eigenvalue weighted by Crippen LogP contribution is 2.36. The van der Waals surface area contributed by atoms with E-state index in [9.17, 15) is 9.59 Å². The molecule has 1 aliphatic carbocycles. The Bertz CT molecular complexity index is 1210. The lowest BCUT2D eigenvalue weighted by Crippen LogP contribution is -2.55. The zero-order chi connectivity index (χ0) is 26.7. The van der Waals surface area contributed by atoms with E-state index < -0.39 is 0 Å². The standard InChI is InChI=1S/C31H40N4O2/c1-21-10-8-18-32-27(21)30(37)35-19-9-13-26(28(35)22-14-16-25(17-15-22)34(5)6)29(36)33-24-12-7-11-23(20-24)31(2,3)4/h7-8,10-12,14,16-18,20,22,26,28H,9,13,15,19H2,1-6H3,(H,33,36)/t22-,26?,28?/m1/s1. The number of rotatable bonds is 5. The molecule has 2 amide bonds. The number of likely N-dealkylation sites (tertiary alicyclic amines) is 1. The summed E-state index contributed by atoms with van der Waals surface area (Å²) in [7, 11) is 4.05. The summed E-state index contributed by atoms with van der Waals surface area (Å²) in [6.07, 6.45) is 10.5. The van der Waals surface area contributed by atoms with E-state index in [4.69, 9.17) is 0 Å². The van der Waals surface area contributed by atoms with Crippen LogP contribution < -0.4 is 5.32 Å². The van der Waals surface area contributed by atoms with Crippen LogP contribution in [0.5, 0.6) is 0 Å². The lowest BCUT2D eigenvalue weighted by molar-refractivity contribution is -0.123. The molecule has 1 saturated heterocycles. The zero-order valence-electron chi connectivity index (χ0n) is 23.0. The van der Waals surface area contributed by atoms with Crippen molar-refractivity contribution in [1.29, 1.82) is 0 Å². The Labute approximate surface area is 221 Å². The van der Waals surface area contributed by atoms with Crippen LogP contribution in [0.2, 0.25) is 0 Å². The van der Waals surface area contributed by atoms with Crippen molar-refractivity contribution in [3.8, 4) is 0 Å². The Kier molecular flexibility index (Phi) is 7.86. The van der Waals surface area contributed by atoms with Gasteiger partial charge < -0.3 is 15.1 Å². The van der Waals surface area contributed by atoms with Crippen LogP contribution in [0.15, 0.2) is 66.5 Å². The van der Waals surface area contributed by atoms with Gasteiger partial charge in [-0.1, -0.05) is 51.1 Å². The number of amides is 2. The quantitative estimate of drug-likeness (QED) is 0.583. The largest absolute Gasteiger partial charge is 0.378 e. The van der Waals surface area contributed by atoms with Crippen molar-refractivity contribution in [3.63, 3.8) is 0 Å². The number of aromatic nitrogens is 1. The van der Waals surface area contributed by atoms with E-state index in [1.54, 1.807) is 6.20 Å². The molecule has 2 heterocycles. The lowest BCUT2D eigenvalue weighted by Gasteiger charge is -2.44. The molecule has 0 radical (unpaired) electrons. The number of benzene rings is 1. The molecule has 2 aromatic rings. The van der Waals surface area contributed by atoms with Crippen LogP contribution in [-0.2, 0) is 10.2 Å². The summed E-state index contributed by atoms with van der Waals surface area (Å²) < 4.78 is 0. The minimum absolute atomic E-state index is 0.0127. The molecular formula is C31H40N4O2. The van der Waals surface area contributed by atoms with Gasteiger partial charge in [-0.2, -0.15) is 0 Å². The summed E-state index contributed by atoms with van der Waals surface area (Å²) >= 11 is 0. The van der Waals surface area contributed by atoms with Gasteiger partial charge in [-0.15, -0.1) is 0 Å². The Balaban J connectivity index is 1.65. The first kappa shape index (κ1) is 26.6. The summed E-state index contributed by atoms with van der Waals surface area (Å²) in [6, 6.07) is 11.6. The number of anilines is 1. The van der Waals surface area contributed by atoms with Crippen molar-refractivity contribution >= 4 is 17.5 Å². The average molecular weight is 501 g/mol. The van der Waals surface area contributed by atoms with Gasteiger partial charge in [-0.25, -0.2) is 0 Å². The minimum Gasteiger partial charge on any atom is -0.378 e. The highest BCUT2D eigenvalue weighted by Gasteiger charge is 2.43. The third kappa shape index (κ3) is 5.95. The number of piperidine rings is 1. The monoisotopic (exact) mass is 500 g/mol.